The van der Waals surface area contributed by atoms with E-state index in [0.29, 0.717) is 5.56 Å². The summed E-state index contributed by atoms with van der Waals surface area (Å²) in [5, 5.41) is 9.26. The highest BCUT2D eigenvalue weighted by molar-refractivity contribution is 7.80. The Balaban J connectivity index is 2.40. The van der Waals surface area contributed by atoms with E-state index in [1.54, 1.807) is 18.2 Å². The molecule has 0 saturated heterocycles. The summed E-state index contributed by atoms with van der Waals surface area (Å²) < 4.78 is 0. The van der Waals surface area contributed by atoms with Crippen LogP contribution in [0.15, 0.2) is 41.3 Å². The van der Waals surface area contributed by atoms with Crippen molar-refractivity contribution in [2.24, 2.45) is 0 Å². The minimum atomic E-state index is -1.27. The molecule has 98 valence electrons. The van der Waals surface area contributed by atoms with Crippen molar-refractivity contribution in [3.05, 3.63) is 64.2 Å². The van der Waals surface area contributed by atoms with E-state index in [9.17, 15) is 19.5 Å². The van der Waals surface area contributed by atoms with Crippen molar-refractivity contribution in [1.29, 1.82) is 0 Å². The monoisotopic (exact) mass is 284 g/mol. The first-order chi connectivity index (χ1) is 9.52. The molecule has 2 aromatic carbocycles. The molecule has 5 heteroatoms. The number of rotatable bonds is 1. The van der Waals surface area contributed by atoms with Gasteiger partial charge in [-0.15, -0.1) is 12.6 Å². The Labute approximate surface area is 119 Å². The van der Waals surface area contributed by atoms with Crippen LogP contribution in [0.1, 0.15) is 42.2 Å². The van der Waals surface area contributed by atoms with Gasteiger partial charge in [0.2, 0.25) is 0 Å². The summed E-state index contributed by atoms with van der Waals surface area (Å²) in [5.41, 5.74) is 0.343. The fourth-order valence-corrected chi connectivity index (χ4v) is 2.67. The molecule has 20 heavy (non-hydrogen) atoms. The Bertz CT molecular complexity index is 792. The zero-order valence-electron chi connectivity index (χ0n) is 10.1. The van der Waals surface area contributed by atoms with Crippen molar-refractivity contribution in [2.45, 2.75) is 4.90 Å². The van der Waals surface area contributed by atoms with Crippen molar-refractivity contribution in [1.82, 2.24) is 0 Å². The molecule has 0 saturated carbocycles. The largest absolute Gasteiger partial charge is 0.478 e. The summed E-state index contributed by atoms with van der Waals surface area (Å²) in [6.07, 6.45) is 0. The van der Waals surface area contributed by atoms with Gasteiger partial charge in [-0.2, -0.15) is 0 Å². The predicted octanol–water partition coefficient (Wildman–Crippen LogP) is 2.45. The molecule has 1 aliphatic carbocycles. The maximum absolute atomic E-state index is 12.5. The van der Waals surface area contributed by atoms with Crippen LogP contribution >= 0.6 is 12.6 Å². The number of fused-ring (bicyclic) bond motifs is 2. The Morgan fingerprint density at radius 2 is 1.50 bits per heavy atom. The predicted molar refractivity (Wildman–Crippen MR) is 74.0 cm³/mol. The van der Waals surface area contributed by atoms with Crippen LogP contribution in [0, 0.1) is 0 Å². The molecule has 4 nitrogen and oxygen atoms in total. The number of aromatic carboxylic acids is 1. The van der Waals surface area contributed by atoms with E-state index in [4.69, 9.17) is 0 Å². The third-order valence-corrected chi connectivity index (χ3v) is 3.66. The van der Waals surface area contributed by atoms with Crippen LogP contribution in [0.25, 0.3) is 0 Å². The third kappa shape index (κ3) is 1.60. The average Bonchev–Trinajstić information content (AvgIpc) is 2.44. The molecule has 0 unspecified atom stereocenters. The second kappa shape index (κ2) is 4.31. The van der Waals surface area contributed by atoms with E-state index >= 15 is 0 Å². The van der Waals surface area contributed by atoms with Crippen LogP contribution in [0.4, 0.5) is 0 Å². The normalized spacial score (nSPS) is 12.8. The molecular weight excluding hydrogens is 276 g/mol. The van der Waals surface area contributed by atoms with Crippen LogP contribution < -0.4 is 0 Å². The highest BCUT2D eigenvalue weighted by Gasteiger charge is 2.33. The highest BCUT2D eigenvalue weighted by atomic mass is 32.1. The zero-order chi connectivity index (χ0) is 14.4. The van der Waals surface area contributed by atoms with Gasteiger partial charge in [0.25, 0.3) is 0 Å². The summed E-state index contributed by atoms with van der Waals surface area (Å²) in [6, 6.07) is 9.26. The molecule has 0 bridgehead atoms. The lowest BCUT2D eigenvalue weighted by Crippen LogP contribution is -2.24. The SMILES string of the molecule is O=C1c2ccccc2C(=O)c2c1ccc(S)c2C(=O)O. The fraction of sp³-hybridized carbons (Fsp3) is 0. The van der Waals surface area contributed by atoms with Crippen molar-refractivity contribution in [2.75, 3.05) is 0 Å². The lowest BCUT2D eigenvalue weighted by atomic mass is 9.82. The van der Waals surface area contributed by atoms with Crippen LogP contribution in [-0.2, 0) is 0 Å². The summed E-state index contributed by atoms with van der Waals surface area (Å²) >= 11 is 4.07. The van der Waals surface area contributed by atoms with E-state index in [1.165, 1.54) is 18.2 Å². The van der Waals surface area contributed by atoms with Gasteiger partial charge in [-0.3, -0.25) is 9.59 Å². The number of carboxylic acid groups (broad SMARTS) is 1. The zero-order valence-corrected chi connectivity index (χ0v) is 11.0. The molecule has 0 amide bonds. The number of hydrogen-bond acceptors (Lipinski definition) is 4. The molecular formula is C15H8O4S. The first-order valence-electron chi connectivity index (χ1n) is 5.80. The average molecular weight is 284 g/mol. The van der Waals surface area contributed by atoms with Gasteiger partial charge < -0.3 is 5.11 Å². The minimum absolute atomic E-state index is 0.0753. The van der Waals surface area contributed by atoms with Gasteiger partial charge in [0, 0.05) is 27.1 Å². The molecule has 0 aromatic heterocycles. The molecule has 0 fully saturated rings. The van der Waals surface area contributed by atoms with Crippen LogP contribution in [0.2, 0.25) is 0 Å². The number of benzene rings is 2. The lowest BCUT2D eigenvalue weighted by Gasteiger charge is -2.19. The molecule has 1 aliphatic rings. The van der Waals surface area contributed by atoms with Crippen molar-refractivity contribution in [3.8, 4) is 0 Å². The van der Waals surface area contributed by atoms with Gasteiger partial charge in [0.05, 0.1) is 5.56 Å². The molecule has 2 aromatic rings. The van der Waals surface area contributed by atoms with E-state index in [0.717, 1.165) is 0 Å². The van der Waals surface area contributed by atoms with E-state index < -0.39 is 11.8 Å². The maximum atomic E-state index is 12.5. The summed E-state index contributed by atoms with van der Waals surface area (Å²) in [7, 11) is 0. The molecule has 3 rings (SSSR count). The van der Waals surface area contributed by atoms with Gasteiger partial charge >= 0.3 is 5.97 Å². The quantitative estimate of drug-likeness (QED) is 0.673. The molecule has 0 aliphatic heterocycles. The third-order valence-electron chi connectivity index (χ3n) is 3.29. The fourth-order valence-electron chi connectivity index (χ4n) is 2.39. The standard InChI is InChI=1S/C15H8O4S/c16-13-7-3-1-2-4-8(7)14(17)11-9(13)5-6-10(20)12(11)15(18)19/h1-6,20H,(H,18,19). The minimum Gasteiger partial charge on any atom is -0.478 e. The maximum Gasteiger partial charge on any atom is 0.337 e. The lowest BCUT2D eigenvalue weighted by molar-refractivity contribution is 0.0688. The highest BCUT2D eigenvalue weighted by Crippen LogP contribution is 2.32. The molecule has 0 radical (unpaired) electrons. The Hall–Kier alpha value is -2.40. The molecule has 0 spiro atoms. The van der Waals surface area contributed by atoms with E-state index in [-0.39, 0.29) is 32.9 Å². The smallest absolute Gasteiger partial charge is 0.337 e. The second-order valence-corrected chi connectivity index (χ2v) is 4.87. The Morgan fingerprint density at radius 1 is 0.900 bits per heavy atom. The van der Waals surface area contributed by atoms with Gasteiger partial charge in [-0.05, 0) is 12.1 Å². The summed E-state index contributed by atoms with van der Waals surface area (Å²) in [5.74, 6) is -2.07. The van der Waals surface area contributed by atoms with Crippen LogP contribution in [0.5, 0.6) is 0 Å². The summed E-state index contributed by atoms with van der Waals surface area (Å²) in [6.45, 7) is 0. The van der Waals surface area contributed by atoms with Gasteiger partial charge in [-0.1, -0.05) is 24.3 Å². The van der Waals surface area contributed by atoms with Gasteiger partial charge in [0.1, 0.15) is 0 Å². The Morgan fingerprint density at radius 3 is 2.10 bits per heavy atom. The Kier molecular flexibility index (Phi) is 2.72. The molecule has 0 heterocycles. The number of hydrogen-bond donors (Lipinski definition) is 2. The molecule has 0 atom stereocenters. The molecule has 1 N–H and O–H groups in total. The number of ketones is 2. The summed E-state index contributed by atoms with van der Waals surface area (Å²) in [4.78, 5) is 36.4. The van der Waals surface area contributed by atoms with E-state index in [2.05, 4.69) is 12.6 Å². The number of carbonyl (C=O) groups is 3. The number of thiol groups is 1. The van der Waals surface area contributed by atoms with Crippen molar-refractivity contribution < 1.29 is 19.5 Å². The van der Waals surface area contributed by atoms with Crippen molar-refractivity contribution in [3.63, 3.8) is 0 Å². The second-order valence-electron chi connectivity index (χ2n) is 4.39. The van der Waals surface area contributed by atoms with Crippen LogP contribution in [0.3, 0.4) is 0 Å². The number of carboxylic acids is 1. The first-order valence-corrected chi connectivity index (χ1v) is 6.24. The van der Waals surface area contributed by atoms with Crippen LogP contribution in [-0.4, -0.2) is 22.6 Å². The topological polar surface area (TPSA) is 71.4 Å². The first kappa shape index (κ1) is 12.6. The van der Waals surface area contributed by atoms with Gasteiger partial charge in [-0.25, -0.2) is 4.79 Å². The van der Waals surface area contributed by atoms with E-state index in [1.807, 2.05) is 0 Å². The number of carbonyl (C=O) groups excluding carboxylic acids is 2. The van der Waals surface area contributed by atoms with Crippen molar-refractivity contribution >= 4 is 30.2 Å². The van der Waals surface area contributed by atoms with Gasteiger partial charge in [0.15, 0.2) is 11.6 Å².